The Balaban J connectivity index is 1.66. The van der Waals surface area contributed by atoms with E-state index < -0.39 is 23.0 Å². The highest BCUT2D eigenvalue weighted by atomic mass is 16.6. The first-order valence-corrected chi connectivity index (χ1v) is 9.58. The van der Waals surface area contributed by atoms with Crippen LogP contribution >= 0.6 is 0 Å². The summed E-state index contributed by atoms with van der Waals surface area (Å²) in [7, 11) is 0. The van der Waals surface area contributed by atoms with E-state index in [4.69, 9.17) is 4.74 Å². The molecule has 0 aliphatic rings. The van der Waals surface area contributed by atoms with Crippen LogP contribution in [0.1, 0.15) is 11.1 Å². The maximum Gasteiger partial charge on any atom is 0.408 e. The number of nitrogens with zero attached hydrogens (tertiary/aromatic N) is 1. The fourth-order valence-electron chi connectivity index (χ4n) is 2.86. The normalized spacial score (nSPS) is 11.2. The molecule has 0 fully saturated rings. The van der Waals surface area contributed by atoms with Crippen LogP contribution in [0.15, 0.2) is 84.9 Å². The van der Waals surface area contributed by atoms with Crippen molar-refractivity contribution >= 4 is 23.4 Å². The van der Waals surface area contributed by atoms with E-state index in [1.807, 2.05) is 60.7 Å². The largest absolute Gasteiger partial charge is 0.445 e. The van der Waals surface area contributed by atoms with Crippen LogP contribution in [0.4, 0.5) is 16.2 Å². The maximum atomic E-state index is 12.8. The van der Waals surface area contributed by atoms with Gasteiger partial charge in [-0.15, -0.1) is 0 Å². The smallest absolute Gasteiger partial charge is 0.408 e. The molecule has 0 aliphatic carbocycles. The van der Waals surface area contributed by atoms with Gasteiger partial charge in [-0.3, -0.25) is 14.9 Å². The van der Waals surface area contributed by atoms with Crippen LogP contribution in [0, 0.1) is 10.1 Å². The molecular formula is C23H21N3O5. The van der Waals surface area contributed by atoms with Crippen molar-refractivity contribution in [1.82, 2.24) is 5.32 Å². The number of anilines is 1. The molecule has 1 atom stereocenters. The molecule has 0 bridgehead atoms. The highest BCUT2D eigenvalue weighted by molar-refractivity contribution is 5.96. The summed E-state index contributed by atoms with van der Waals surface area (Å²) in [5, 5.41) is 16.1. The van der Waals surface area contributed by atoms with Gasteiger partial charge in [0.15, 0.2) is 0 Å². The van der Waals surface area contributed by atoms with Crippen molar-refractivity contribution in [3.8, 4) is 0 Å². The Labute approximate surface area is 179 Å². The number of benzene rings is 3. The molecule has 2 N–H and O–H groups in total. The number of ether oxygens (including phenoxy) is 1. The molecule has 0 radical (unpaired) electrons. The Kier molecular flexibility index (Phi) is 7.31. The van der Waals surface area contributed by atoms with Gasteiger partial charge in [0, 0.05) is 24.2 Å². The lowest BCUT2D eigenvalue weighted by atomic mass is 10.1. The molecule has 3 aromatic carbocycles. The minimum absolute atomic E-state index is 0.0781. The molecule has 3 aromatic rings. The quantitative estimate of drug-likeness (QED) is 0.422. The van der Waals surface area contributed by atoms with Crippen LogP contribution in [0.5, 0.6) is 0 Å². The van der Waals surface area contributed by atoms with E-state index in [-0.39, 0.29) is 18.7 Å². The van der Waals surface area contributed by atoms with Gasteiger partial charge in [0.1, 0.15) is 12.6 Å². The third kappa shape index (κ3) is 6.67. The minimum atomic E-state index is -0.902. The van der Waals surface area contributed by atoms with Gasteiger partial charge in [0.25, 0.3) is 5.69 Å². The lowest BCUT2D eigenvalue weighted by Gasteiger charge is -2.18. The van der Waals surface area contributed by atoms with Crippen molar-refractivity contribution in [2.75, 3.05) is 5.32 Å². The number of nitro benzene ring substituents is 1. The van der Waals surface area contributed by atoms with Gasteiger partial charge >= 0.3 is 6.09 Å². The molecule has 0 unspecified atom stereocenters. The molecule has 31 heavy (non-hydrogen) atoms. The summed E-state index contributed by atoms with van der Waals surface area (Å²) in [5.74, 6) is -0.464. The Bertz CT molecular complexity index is 1020. The maximum absolute atomic E-state index is 12.8. The number of carbonyl (C=O) groups excluding carboxylic acids is 2. The first-order chi connectivity index (χ1) is 15.0. The van der Waals surface area contributed by atoms with E-state index in [2.05, 4.69) is 10.6 Å². The second kappa shape index (κ2) is 10.5. The molecular weight excluding hydrogens is 398 g/mol. The van der Waals surface area contributed by atoms with Crippen LogP contribution in [0.3, 0.4) is 0 Å². The Morgan fingerprint density at radius 1 is 0.871 bits per heavy atom. The highest BCUT2D eigenvalue weighted by Crippen LogP contribution is 2.16. The van der Waals surface area contributed by atoms with E-state index in [0.717, 1.165) is 11.1 Å². The molecule has 0 aliphatic heterocycles. The summed E-state index contributed by atoms with van der Waals surface area (Å²) in [6.45, 7) is 0.0781. The number of amides is 2. The number of hydrogen-bond acceptors (Lipinski definition) is 5. The SMILES string of the molecule is O=C(N[C@@H](Cc1ccccc1)C(=O)Nc1ccc([N+](=O)[O-])cc1)OCc1ccccc1. The summed E-state index contributed by atoms with van der Waals surface area (Å²) in [4.78, 5) is 35.4. The molecule has 3 rings (SSSR count). The molecule has 158 valence electrons. The predicted octanol–water partition coefficient (Wildman–Crippen LogP) is 4.07. The molecule has 2 amide bonds. The molecule has 0 heterocycles. The van der Waals surface area contributed by atoms with Crippen molar-refractivity contribution in [2.45, 2.75) is 19.1 Å². The lowest BCUT2D eigenvalue weighted by Crippen LogP contribution is -2.45. The van der Waals surface area contributed by atoms with Gasteiger partial charge in [-0.2, -0.15) is 0 Å². The average Bonchev–Trinajstić information content (AvgIpc) is 2.79. The van der Waals surface area contributed by atoms with Crippen molar-refractivity contribution < 1.29 is 19.2 Å². The van der Waals surface area contributed by atoms with Gasteiger partial charge in [-0.05, 0) is 23.3 Å². The number of hydrogen-bond donors (Lipinski definition) is 2. The number of alkyl carbamates (subject to hydrolysis) is 1. The van der Waals surface area contributed by atoms with Crippen LogP contribution < -0.4 is 10.6 Å². The summed E-state index contributed by atoms with van der Waals surface area (Å²) in [6.07, 6.45) is -0.469. The van der Waals surface area contributed by atoms with Gasteiger partial charge in [0.2, 0.25) is 5.91 Å². The van der Waals surface area contributed by atoms with E-state index in [1.165, 1.54) is 24.3 Å². The number of carbonyl (C=O) groups is 2. The fraction of sp³-hybridized carbons (Fsp3) is 0.130. The molecule has 8 heteroatoms. The first-order valence-electron chi connectivity index (χ1n) is 9.58. The van der Waals surface area contributed by atoms with E-state index in [0.29, 0.717) is 5.69 Å². The first kappa shape index (κ1) is 21.5. The topological polar surface area (TPSA) is 111 Å². The lowest BCUT2D eigenvalue weighted by molar-refractivity contribution is -0.384. The van der Waals surface area contributed by atoms with Crippen molar-refractivity contribution in [2.24, 2.45) is 0 Å². The van der Waals surface area contributed by atoms with Gasteiger partial charge in [-0.1, -0.05) is 60.7 Å². The highest BCUT2D eigenvalue weighted by Gasteiger charge is 2.22. The minimum Gasteiger partial charge on any atom is -0.445 e. The van der Waals surface area contributed by atoms with Crippen LogP contribution in [-0.2, 0) is 22.6 Å². The van der Waals surface area contributed by atoms with Crippen LogP contribution in [-0.4, -0.2) is 23.0 Å². The number of nitro groups is 1. The molecule has 0 saturated carbocycles. The summed E-state index contributed by atoms with van der Waals surface area (Å²) < 4.78 is 5.23. The Morgan fingerprint density at radius 3 is 2.03 bits per heavy atom. The average molecular weight is 419 g/mol. The molecule has 0 spiro atoms. The third-order valence-electron chi connectivity index (χ3n) is 4.45. The molecule has 8 nitrogen and oxygen atoms in total. The van der Waals surface area contributed by atoms with E-state index in [9.17, 15) is 19.7 Å². The molecule has 0 saturated heterocycles. The van der Waals surface area contributed by atoms with Crippen LogP contribution in [0.25, 0.3) is 0 Å². The Hall–Kier alpha value is -4.20. The summed E-state index contributed by atoms with van der Waals surface area (Å²) in [5.41, 5.74) is 1.98. The predicted molar refractivity (Wildman–Crippen MR) is 115 cm³/mol. The fourth-order valence-corrected chi connectivity index (χ4v) is 2.86. The van der Waals surface area contributed by atoms with Gasteiger partial charge in [-0.25, -0.2) is 4.79 Å². The standard InChI is InChI=1S/C23H21N3O5/c27-22(24-19-11-13-20(14-12-19)26(29)30)21(15-17-7-3-1-4-8-17)25-23(28)31-16-18-9-5-2-6-10-18/h1-14,21H,15-16H2,(H,24,27)(H,25,28)/t21-/m0/s1. The van der Waals surface area contributed by atoms with Gasteiger partial charge < -0.3 is 15.4 Å². The number of nitrogens with one attached hydrogen (secondary N) is 2. The van der Waals surface area contributed by atoms with E-state index >= 15 is 0 Å². The zero-order valence-corrected chi connectivity index (χ0v) is 16.6. The zero-order valence-electron chi connectivity index (χ0n) is 16.6. The van der Waals surface area contributed by atoms with Crippen molar-refractivity contribution in [3.05, 3.63) is 106 Å². The number of rotatable bonds is 8. The molecule has 0 aromatic heterocycles. The van der Waals surface area contributed by atoms with Crippen LogP contribution in [0.2, 0.25) is 0 Å². The number of non-ortho nitro benzene ring substituents is 1. The van der Waals surface area contributed by atoms with E-state index in [1.54, 1.807) is 0 Å². The van der Waals surface area contributed by atoms with Crippen molar-refractivity contribution in [1.29, 1.82) is 0 Å². The summed E-state index contributed by atoms with van der Waals surface area (Å²) in [6, 6.07) is 23.0. The second-order valence-electron chi connectivity index (χ2n) is 6.74. The van der Waals surface area contributed by atoms with Crippen molar-refractivity contribution in [3.63, 3.8) is 0 Å². The monoisotopic (exact) mass is 419 g/mol. The zero-order chi connectivity index (χ0) is 22.1. The van der Waals surface area contributed by atoms with Gasteiger partial charge in [0.05, 0.1) is 4.92 Å². The third-order valence-corrected chi connectivity index (χ3v) is 4.45. The second-order valence-corrected chi connectivity index (χ2v) is 6.74. The summed E-state index contributed by atoms with van der Waals surface area (Å²) >= 11 is 0. The Morgan fingerprint density at radius 2 is 1.45 bits per heavy atom.